The molecule has 0 heterocycles. The summed E-state index contributed by atoms with van der Waals surface area (Å²) in [5.74, 6) is -1.01. The van der Waals surface area contributed by atoms with Crippen molar-refractivity contribution >= 4 is 5.97 Å². The van der Waals surface area contributed by atoms with Crippen LogP contribution < -0.4 is 4.74 Å². The van der Waals surface area contributed by atoms with Crippen molar-refractivity contribution < 1.29 is 19.7 Å². The van der Waals surface area contributed by atoms with Crippen LogP contribution in [0.1, 0.15) is 10.4 Å². The molecule has 0 fully saturated rings. The van der Waals surface area contributed by atoms with E-state index < -0.39 is 5.97 Å². The van der Waals surface area contributed by atoms with Gasteiger partial charge in [-0.1, -0.05) is 30.3 Å². The molecule has 0 unspecified atom stereocenters. The van der Waals surface area contributed by atoms with E-state index in [4.69, 9.17) is 9.84 Å². The summed E-state index contributed by atoms with van der Waals surface area (Å²) < 4.78 is 5.00. The van der Waals surface area contributed by atoms with Gasteiger partial charge in [0.25, 0.3) is 0 Å². The monoisotopic (exact) mass is 244 g/mol. The van der Waals surface area contributed by atoms with Crippen LogP contribution in [0.2, 0.25) is 0 Å². The number of carboxylic acids is 1. The van der Waals surface area contributed by atoms with Crippen molar-refractivity contribution in [2.24, 2.45) is 0 Å². The minimum atomic E-state index is -1.09. The summed E-state index contributed by atoms with van der Waals surface area (Å²) in [6.45, 7) is 0. The molecule has 0 atom stereocenters. The molecule has 4 nitrogen and oxygen atoms in total. The fourth-order valence-electron chi connectivity index (χ4n) is 1.81. The second-order valence-corrected chi connectivity index (χ2v) is 3.71. The van der Waals surface area contributed by atoms with Crippen LogP contribution in [-0.4, -0.2) is 23.3 Å². The SMILES string of the molecule is COc1ccc(C(=O)O)c(-c2ccccc2)c1O. The van der Waals surface area contributed by atoms with Crippen LogP contribution in [0.4, 0.5) is 0 Å². The third kappa shape index (κ3) is 2.00. The topological polar surface area (TPSA) is 66.8 Å². The Labute approximate surface area is 104 Å². The zero-order chi connectivity index (χ0) is 13.1. The Morgan fingerprint density at radius 3 is 2.33 bits per heavy atom. The number of carbonyl (C=O) groups is 1. The Hall–Kier alpha value is -2.49. The normalized spacial score (nSPS) is 10.1. The molecule has 2 aromatic rings. The lowest BCUT2D eigenvalue weighted by molar-refractivity contribution is 0.0697. The molecule has 92 valence electrons. The zero-order valence-corrected chi connectivity index (χ0v) is 9.75. The van der Waals surface area contributed by atoms with Gasteiger partial charge in [-0.15, -0.1) is 0 Å². The van der Waals surface area contributed by atoms with Crippen LogP contribution in [-0.2, 0) is 0 Å². The summed E-state index contributed by atoms with van der Waals surface area (Å²) in [7, 11) is 1.42. The van der Waals surface area contributed by atoms with Gasteiger partial charge in [0, 0.05) is 5.56 Å². The predicted molar refractivity (Wildman–Crippen MR) is 67.1 cm³/mol. The van der Waals surface area contributed by atoms with Crippen LogP contribution in [0.3, 0.4) is 0 Å². The average Bonchev–Trinajstić information content (AvgIpc) is 2.39. The number of phenolic OH excluding ortho intramolecular Hbond substituents is 1. The fraction of sp³-hybridized carbons (Fsp3) is 0.0714. The van der Waals surface area contributed by atoms with E-state index in [0.29, 0.717) is 5.56 Å². The second kappa shape index (κ2) is 4.79. The van der Waals surface area contributed by atoms with Gasteiger partial charge in [-0.05, 0) is 17.7 Å². The number of hydrogen-bond donors (Lipinski definition) is 2. The first-order valence-electron chi connectivity index (χ1n) is 5.34. The van der Waals surface area contributed by atoms with Crippen LogP contribution >= 0.6 is 0 Å². The highest BCUT2D eigenvalue weighted by Gasteiger charge is 2.18. The van der Waals surface area contributed by atoms with Crippen LogP contribution in [0.25, 0.3) is 11.1 Å². The average molecular weight is 244 g/mol. The van der Waals surface area contributed by atoms with Crippen LogP contribution in [0.15, 0.2) is 42.5 Å². The molecular weight excluding hydrogens is 232 g/mol. The van der Waals surface area contributed by atoms with Crippen LogP contribution in [0, 0.1) is 0 Å². The highest BCUT2D eigenvalue weighted by Crippen LogP contribution is 2.39. The summed E-state index contributed by atoms with van der Waals surface area (Å²) in [5.41, 5.74) is 0.938. The van der Waals surface area contributed by atoms with E-state index in [1.165, 1.54) is 19.2 Å². The third-order valence-corrected chi connectivity index (χ3v) is 2.65. The summed E-state index contributed by atoms with van der Waals surface area (Å²) in [5, 5.41) is 19.2. The van der Waals surface area contributed by atoms with Gasteiger partial charge >= 0.3 is 5.97 Å². The van der Waals surface area contributed by atoms with E-state index in [2.05, 4.69) is 0 Å². The first-order valence-corrected chi connectivity index (χ1v) is 5.34. The molecule has 0 bridgehead atoms. The van der Waals surface area contributed by atoms with Gasteiger partial charge < -0.3 is 14.9 Å². The van der Waals surface area contributed by atoms with Gasteiger partial charge in [0.1, 0.15) is 0 Å². The Morgan fingerprint density at radius 1 is 1.11 bits per heavy atom. The van der Waals surface area contributed by atoms with E-state index in [-0.39, 0.29) is 22.6 Å². The van der Waals surface area contributed by atoms with Crippen molar-refractivity contribution in [1.82, 2.24) is 0 Å². The molecular formula is C14H12O4. The number of methoxy groups -OCH3 is 1. The number of aromatic carboxylic acids is 1. The number of rotatable bonds is 3. The maximum Gasteiger partial charge on any atom is 0.336 e. The van der Waals surface area contributed by atoms with E-state index in [1.54, 1.807) is 24.3 Å². The van der Waals surface area contributed by atoms with E-state index in [0.717, 1.165) is 0 Å². The number of aromatic hydroxyl groups is 1. The van der Waals surface area contributed by atoms with Gasteiger partial charge in [0.05, 0.1) is 12.7 Å². The van der Waals surface area contributed by atoms with Gasteiger partial charge in [0.15, 0.2) is 11.5 Å². The molecule has 0 aliphatic heterocycles. The molecule has 18 heavy (non-hydrogen) atoms. The van der Waals surface area contributed by atoms with Gasteiger partial charge in [-0.3, -0.25) is 0 Å². The van der Waals surface area contributed by atoms with Gasteiger partial charge in [-0.25, -0.2) is 4.79 Å². The molecule has 2 aromatic carbocycles. The lowest BCUT2D eigenvalue weighted by atomic mass is 9.98. The number of hydrogen-bond acceptors (Lipinski definition) is 3. The molecule has 0 aliphatic rings. The Balaban J connectivity index is 2.73. The van der Waals surface area contributed by atoms with Gasteiger partial charge in [0.2, 0.25) is 0 Å². The van der Waals surface area contributed by atoms with Crippen molar-refractivity contribution in [3.8, 4) is 22.6 Å². The molecule has 0 aromatic heterocycles. The van der Waals surface area contributed by atoms with E-state index >= 15 is 0 Å². The molecule has 0 spiro atoms. The minimum absolute atomic E-state index is 0.0412. The highest BCUT2D eigenvalue weighted by molar-refractivity contribution is 5.98. The molecule has 0 amide bonds. The van der Waals surface area contributed by atoms with Crippen molar-refractivity contribution in [3.05, 3.63) is 48.0 Å². The summed E-state index contributed by atoms with van der Waals surface area (Å²) >= 11 is 0. The van der Waals surface area contributed by atoms with Gasteiger partial charge in [-0.2, -0.15) is 0 Å². The molecule has 4 heteroatoms. The van der Waals surface area contributed by atoms with E-state index in [9.17, 15) is 9.90 Å². The van der Waals surface area contributed by atoms with Crippen molar-refractivity contribution in [2.75, 3.05) is 7.11 Å². The van der Waals surface area contributed by atoms with Crippen LogP contribution in [0.5, 0.6) is 11.5 Å². The zero-order valence-electron chi connectivity index (χ0n) is 9.75. The lowest BCUT2D eigenvalue weighted by Crippen LogP contribution is -2.00. The number of carboxylic acid groups (broad SMARTS) is 1. The predicted octanol–water partition coefficient (Wildman–Crippen LogP) is 2.77. The molecule has 0 saturated carbocycles. The Bertz CT molecular complexity index is 576. The smallest absolute Gasteiger partial charge is 0.336 e. The van der Waals surface area contributed by atoms with E-state index in [1.807, 2.05) is 6.07 Å². The highest BCUT2D eigenvalue weighted by atomic mass is 16.5. The molecule has 2 rings (SSSR count). The summed E-state index contributed by atoms with van der Waals surface area (Å²) in [6, 6.07) is 11.7. The third-order valence-electron chi connectivity index (χ3n) is 2.65. The Morgan fingerprint density at radius 2 is 1.78 bits per heavy atom. The quantitative estimate of drug-likeness (QED) is 0.871. The maximum atomic E-state index is 11.2. The number of benzene rings is 2. The summed E-state index contributed by atoms with van der Waals surface area (Å²) in [6.07, 6.45) is 0. The lowest BCUT2D eigenvalue weighted by Gasteiger charge is -2.12. The number of ether oxygens (including phenoxy) is 1. The minimum Gasteiger partial charge on any atom is -0.504 e. The summed E-state index contributed by atoms with van der Waals surface area (Å²) in [4.78, 5) is 11.2. The first-order chi connectivity index (χ1) is 8.65. The molecule has 0 radical (unpaired) electrons. The van der Waals surface area contributed by atoms with Crippen molar-refractivity contribution in [1.29, 1.82) is 0 Å². The van der Waals surface area contributed by atoms with Crippen molar-refractivity contribution in [2.45, 2.75) is 0 Å². The second-order valence-electron chi connectivity index (χ2n) is 3.71. The molecule has 0 saturated heterocycles. The molecule has 0 aliphatic carbocycles. The largest absolute Gasteiger partial charge is 0.504 e. The van der Waals surface area contributed by atoms with Crippen molar-refractivity contribution in [3.63, 3.8) is 0 Å². The first kappa shape index (κ1) is 12.0. The maximum absolute atomic E-state index is 11.2. The Kier molecular flexibility index (Phi) is 3.19. The molecule has 2 N–H and O–H groups in total. The number of phenols is 1. The fourth-order valence-corrected chi connectivity index (χ4v) is 1.81. The standard InChI is InChI=1S/C14H12O4/c1-18-11-8-7-10(14(16)17)12(13(11)15)9-5-3-2-4-6-9/h2-8,15H,1H3,(H,16,17).